The number of fused-ring (bicyclic) bond motifs is 1. The summed E-state index contributed by atoms with van der Waals surface area (Å²) in [5, 5.41) is 11.8. The molecule has 1 aromatic carbocycles. The molecule has 3 heterocycles. The number of aromatic nitrogens is 4. The first-order chi connectivity index (χ1) is 15.9. The van der Waals surface area contributed by atoms with Crippen molar-refractivity contribution in [1.82, 2.24) is 20.2 Å². The van der Waals surface area contributed by atoms with E-state index in [0.29, 0.717) is 52.3 Å². The minimum absolute atomic E-state index is 0.00928. The number of nitrogens with two attached hydrogens (primary N) is 1. The average Bonchev–Trinajstić information content (AvgIpc) is 3.19. The molecule has 9 heteroatoms. The van der Waals surface area contributed by atoms with Gasteiger partial charge >= 0.3 is 0 Å². The van der Waals surface area contributed by atoms with Gasteiger partial charge in [-0.3, -0.25) is 9.78 Å². The van der Waals surface area contributed by atoms with E-state index in [9.17, 15) is 9.18 Å². The zero-order chi connectivity index (χ0) is 23.1. The maximum Gasteiger partial charge on any atom is 0.249 e. The molecule has 3 N–H and O–H groups in total. The van der Waals surface area contributed by atoms with Gasteiger partial charge in [0.25, 0.3) is 0 Å². The van der Waals surface area contributed by atoms with E-state index in [4.69, 9.17) is 10.2 Å². The van der Waals surface area contributed by atoms with E-state index in [1.807, 2.05) is 13.0 Å². The minimum Gasteiger partial charge on any atom is -0.425 e. The van der Waals surface area contributed by atoms with Gasteiger partial charge in [0.2, 0.25) is 17.7 Å². The van der Waals surface area contributed by atoms with Gasteiger partial charge in [-0.1, -0.05) is 5.57 Å². The highest BCUT2D eigenvalue weighted by Crippen LogP contribution is 2.40. The summed E-state index contributed by atoms with van der Waals surface area (Å²) in [6.07, 6.45) is 7.69. The number of benzene rings is 1. The van der Waals surface area contributed by atoms with Gasteiger partial charge in [-0.25, -0.2) is 9.37 Å². The van der Waals surface area contributed by atoms with Crippen LogP contribution in [0, 0.1) is 19.7 Å². The number of pyridine rings is 2. The lowest BCUT2D eigenvalue weighted by atomic mass is 9.80. The van der Waals surface area contributed by atoms with Crippen molar-refractivity contribution in [3.8, 4) is 11.1 Å². The number of anilines is 2. The summed E-state index contributed by atoms with van der Waals surface area (Å²) >= 11 is 0. The third-order valence-electron chi connectivity index (χ3n) is 5.82. The number of carbonyl (C=O) groups excluding carboxylic acids is 1. The summed E-state index contributed by atoms with van der Waals surface area (Å²) in [5.74, 6) is 0.841. The Morgan fingerprint density at radius 2 is 2.03 bits per heavy atom. The number of nitrogen functional groups attached to an aromatic ring is 1. The highest BCUT2D eigenvalue weighted by molar-refractivity contribution is 6.02. The second kappa shape index (κ2) is 8.09. The molecule has 3 aromatic heterocycles. The molecule has 0 saturated heterocycles. The van der Waals surface area contributed by atoms with Crippen molar-refractivity contribution in [2.24, 2.45) is 0 Å². The lowest BCUT2D eigenvalue weighted by molar-refractivity contribution is -0.112. The molecule has 4 aromatic rings. The van der Waals surface area contributed by atoms with Crippen molar-refractivity contribution in [2.45, 2.75) is 32.6 Å². The molecule has 1 aliphatic rings. The predicted octanol–water partition coefficient (Wildman–Crippen LogP) is 4.46. The van der Waals surface area contributed by atoms with Crippen LogP contribution in [0.25, 0.3) is 21.9 Å². The first kappa shape index (κ1) is 20.7. The smallest absolute Gasteiger partial charge is 0.249 e. The van der Waals surface area contributed by atoms with E-state index in [1.165, 1.54) is 6.20 Å². The molecule has 0 atom stereocenters. The van der Waals surface area contributed by atoms with Gasteiger partial charge in [0, 0.05) is 54.0 Å². The number of nitrogens with zero attached hydrogens (tertiary/aromatic N) is 4. The summed E-state index contributed by atoms with van der Waals surface area (Å²) in [5.41, 5.74) is 8.96. The van der Waals surface area contributed by atoms with Crippen LogP contribution in [0.4, 0.5) is 15.9 Å². The first-order valence-corrected chi connectivity index (χ1v) is 10.5. The molecule has 1 saturated carbocycles. The number of rotatable bonds is 4. The molecule has 8 nitrogen and oxygen atoms in total. The van der Waals surface area contributed by atoms with Crippen molar-refractivity contribution in [2.75, 3.05) is 11.1 Å². The van der Waals surface area contributed by atoms with Crippen molar-refractivity contribution in [3.63, 3.8) is 0 Å². The van der Waals surface area contributed by atoms with Gasteiger partial charge < -0.3 is 15.5 Å². The van der Waals surface area contributed by atoms with Crippen molar-refractivity contribution in [1.29, 1.82) is 0 Å². The Hall–Kier alpha value is -4.14. The predicted molar refractivity (Wildman–Crippen MR) is 122 cm³/mol. The molecule has 1 amide bonds. The van der Waals surface area contributed by atoms with Gasteiger partial charge in [-0.15, -0.1) is 10.2 Å². The Labute approximate surface area is 188 Å². The zero-order valence-electron chi connectivity index (χ0n) is 18.1. The molecule has 0 aliphatic heterocycles. The van der Waals surface area contributed by atoms with Crippen LogP contribution in [0.5, 0.6) is 0 Å². The van der Waals surface area contributed by atoms with Crippen LogP contribution < -0.4 is 11.1 Å². The number of nitrogens with one attached hydrogen (secondary N) is 1. The molecule has 33 heavy (non-hydrogen) atoms. The number of amides is 1. The highest BCUT2D eigenvalue weighted by atomic mass is 19.1. The van der Waals surface area contributed by atoms with Gasteiger partial charge in [-0.2, -0.15) is 0 Å². The van der Waals surface area contributed by atoms with Crippen molar-refractivity contribution in [3.05, 3.63) is 71.6 Å². The van der Waals surface area contributed by atoms with E-state index in [0.717, 1.165) is 11.1 Å². The molecule has 1 aliphatic carbocycles. The fourth-order valence-electron chi connectivity index (χ4n) is 4.00. The second-order valence-electron chi connectivity index (χ2n) is 8.19. The third kappa shape index (κ3) is 3.93. The summed E-state index contributed by atoms with van der Waals surface area (Å²) in [7, 11) is 0. The van der Waals surface area contributed by atoms with E-state index in [-0.39, 0.29) is 17.5 Å². The van der Waals surface area contributed by atoms with Crippen LogP contribution in [0.3, 0.4) is 0 Å². The van der Waals surface area contributed by atoms with Gasteiger partial charge in [0.1, 0.15) is 5.82 Å². The molecule has 166 valence electrons. The topological polar surface area (TPSA) is 120 Å². The molecule has 1 fully saturated rings. The molecular formula is C24H21FN6O2. The quantitative estimate of drug-likeness (QED) is 0.352. The standard InChI is InChI=1S/C24H21FN6O2/c1-12-3-4-27-10-18(12)17-8-15-9-20(28-11-19(15)23(26)22(17)25)29-21(32)7-14-5-16(6-14)24-31-30-13(2)33-24/h3-4,7-11,16H,5-6,26H2,1-2H3,(H,28,29,32). The largest absolute Gasteiger partial charge is 0.425 e. The van der Waals surface area contributed by atoms with Crippen LogP contribution in [0.1, 0.15) is 36.1 Å². The van der Waals surface area contributed by atoms with Crippen LogP contribution in [-0.2, 0) is 4.79 Å². The Balaban J connectivity index is 1.36. The Morgan fingerprint density at radius 3 is 2.76 bits per heavy atom. The summed E-state index contributed by atoms with van der Waals surface area (Å²) in [6, 6.07) is 5.19. The van der Waals surface area contributed by atoms with Crippen molar-refractivity contribution >= 4 is 28.2 Å². The number of halogens is 1. The molecule has 0 bridgehead atoms. The van der Waals surface area contributed by atoms with E-state index in [1.54, 1.807) is 37.5 Å². The van der Waals surface area contributed by atoms with Gasteiger partial charge in [-0.05, 0) is 48.9 Å². The molecule has 5 rings (SSSR count). The van der Waals surface area contributed by atoms with Gasteiger partial charge in [0.15, 0.2) is 5.82 Å². The Kier molecular flexibility index (Phi) is 5.08. The fraction of sp³-hybridized carbons (Fsp3) is 0.208. The van der Waals surface area contributed by atoms with Crippen LogP contribution >= 0.6 is 0 Å². The second-order valence-corrected chi connectivity index (χ2v) is 8.19. The summed E-state index contributed by atoms with van der Waals surface area (Å²) in [4.78, 5) is 20.8. The summed E-state index contributed by atoms with van der Waals surface area (Å²) < 4.78 is 20.4. The summed E-state index contributed by atoms with van der Waals surface area (Å²) in [6.45, 7) is 3.63. The third-order valence-corrected chi connectivity index (χ3v) is 5.82. The van der Waals surface area contributed by atoms with E-state index >= 15 is 0 Å². The number of hydrogen-bond donors (Lipinski definition) is 2. The fourth-order valence-corrected chi connectivity index (χ4v) is 4.00. The lowest BCUT2D eigenvalue weighted by Gasteiger charge is -2.25. The molecule has 0 spiro atoms. The number of hydrogen-bond acceptors (Lipinski definition) is 7. The molecular weight excluding hydrogens is 423 g/mol. The minimum atomic E-state index is -0.516. The van der Waals surface area contributed by atoms with E-state index in [2.05, 4.69) is 25.5 Å². The number of carbonyl (C=O) groups is 1. The van der Waals surface area contributed by atoms with Crippen LogP contribution in [0.15, 0.2) is 52.9 Å². The monoisotopic (exact) mass is 444 g/mol. The van der Waals surface area contributed by atoms with Crippen LogP contribution in [-0.4, -0.2) is 26.1 Å². The first-order valence-electron chi connectivity index (χ1n) is 10.5. The molecule has 0 radical (unpaired) electrons. The highest BCUT2D eigenvalue weighted by Gasteiger charge is 2.29. The van der Waals surface area contributed by atoms with Crippen LogP contribution in [0.2, 0.25) is 0 Å². The zero-order valence-corrected chi connectivity index (χ0v) is 18.1. The maximum atomic E-state index is 15.0. The Morgan fingerprint density at radius 1 is 1.21 bits per heavy atom. The van der Waals surface area contributed by atoms with E-state index < -0.39 is 5.82 Å². The van der Waals surface area contributed by atoms with Crippen molar-refractivity contribution < 1.29 is 13.6 Å². The average molecular weight is 444 g/mol. The number of allylic oxidation sites excluding steroid dienone is 1. The SMILES string of the molecule is Cc1nnc(C2CC(=CC(=O)Nc3cc4cc(-c5cnccc5C)c(F)c(N)c4cn3)C2)o1. The molecule has 0 unspecified atom stereocenters. The Bertz CT molecular complexity index is 1420. The normalized spacial score (nSPS) is 15.4. The van der Waals surface area contributed by atoms with Gasteiger partial charge in [0.05, 0.1) is 5.69 Å². The number of aryl methyl sites for hydroxylation is 2. The lowest BCUT2D eigenvalue weighted by Crippen LogP contribution is -2.17. The maximum absolute atomic E-state index is 15.0.